The van der Waals surface area contributed by atoms with Crippen LogP contribution in [-0.2, 0) is 16.0 Å². The van der Waals surface area contributed by atoms with Gasteiger partial charge in [0.05, 0.1) is 11.9 Å². The SMILES string of the molecule is O=C(O)C(F)(F)F.O=C(O)C(F)(F)F.On1c(Cc2ccccc2)nc2c1-c1cccnc1Nc1cnccc1-2. The summed E-state index contributed by atoms with van der Waals surface area (Å²) in [6.07, 6.45) is -4.44. The van der Waals surface area contributed by atoms with Gasteiger partial charge < -0.3 is 20.7 Å². The van der Waals surface area contributed by atoms with Crippen molar-refractivity contribution in [1.82, 2.24) is 19.7 Å². The third-order valence-corrected chi connectivity index (χ3v) is 5.00. The lowest BCUT2D eigenvalue weighted by Crippen LogP contribution is -2.21. The van der Waals surface area contributed by atoms with E-state index in [0.29, 0.717) is 23.8 Å². The molecule has 0 amide bonds. The van der Waals surface area contributed by atoms with Gasteiger partial charge in [-0.05, 0) is 23.8 Å². The smallest absolute Gasteiger partial charge is 0.475 e. The number of carbonyl (C=O) groups is 2. The van der Waals surface area contributed by atoms with Crippen LogP contribution in [0.5, 0.6) is 0 Å². The summed E-state index contributed by atoms with van der Waals surface area (Å²) in [5.74, 6) is -4.26. The Morgan fingerprint density at radius 1 is 0.850 bits per heavy atom. The number of fused-ring (bicyclic) bond motifs is 5. The number of carboxylic acid groups (broad SMARTS) is 2. The molecule has 210 valence electrons. The van der Waals surface area contributed by atoms with Crippen LogP contribution in [0.1, 0.15) is 11.4 Å². The molecule has 0 spiro atoms. The molecule has 1 aliphatic rings. The maximum absolute atomic E-state index is 10.9. The van der Waals surface area contributed by atoms with Crippen molar-refractivity contribution in [3.05, 3.63) is 78.5 Å². The molecule has 0 aliphatic carbocycles. The average Bonchev–Trinajstić information content (AvgIpc) is 3.12. The molecule has 4 N–H and O–H groups in total. The number of carboxylic acids is 2. The molecule has 0 saturated carbocycles. The highest BCUT2D eigenvalue weighted by molar-refractivity contribution is 5.94. The summed E-state index contributed by atoms with van der Waals surface area (Å²) < 4.78 is 64.7. The van der Waals surface area contributed by atoms with E-state index in [1.54, 1.807) is 18.6 Å². The zero-order valence-corrected chi connectivity index (χ0v) is 19.8. The number of aromatic nitrogens is 4. The molecule has 0 saturated heterocycles. The first-order valence-corrected chi connectivity index (χ1v) is 10.8. The minimum Gasteiger partial charge on any atom is -0.475 e. The molecular formula is C24H17F6N5O5. The van der Waals surface area contributed by atoms with Crippen molar-refractivity contribution >= 4 is 23.4 Å². The summed E-state index contributed by atoms with van der Waals surface area (Å²) in [6.45, 7) is 0. The summed E-state index contributed by atoms with van der Waals surface area (Å²) in [7, 11) is 0. The van der Waals surface area contributed by atoms with Gasteiger partial charge in [-0.1, -0.05) is 30.3 Å². The highest BCUT2D eigenvalue weighted by Gasteiger charge is 2.39. The molecule has 10 nitrogen and oxygen atoms in total. The summed E-state index contributed by atoms with van der Waals surface area (Å²) in [5.41, 5.74) is 4.94. The van der Waals surface area contributed by atoms with Crippen LogP contribution < -0.4 is 5.32 Å². The normalized spacial score (nSPS) is 11.6. The number of alkyl halides is 6. The Morgan fingerprint density at radius 3 is 2.02 bits per heavy atom. The summed E-state index contributed by atoms with van der Waals surface area (Å²) in [6, 6.07) is 15.7. The molecule has 4 heterocycles. The third kappa shape index (κ3) is 7.03. The van der Waals surface area contributed by atoms with E-state index in [2.05, 4.69) is 15.3 Å². The number of hydrogen-bond acceptors (Lipinski definition) is 7. The minimum absolute atomic E-state index is 0.535. The van der Waals surface area contributed by atoms with Crippen LogP contribution in [0.3, 0.4) is 0 Å². The van der Waals surface area contributed by atoms with Gasteiger partial charge in [0.15, 0.2) is 0 Å². The maximum Gasteiger partial charge on any atom is 0.490 e. The number of anilines is 2. The van der Waals surface area contributed by atoms with Crippen molar-refractivity contribution in [3.63, 3.8) is 0 Å². The zero-order valence-electron chi connectivity index (χ0n) is 19.8. The Morgan fingerprint density at radius 2 is 1.45 bits per heavy atom. The number of nitrogens with one attached hydrogen (secondary N) is 1. The molecule has 0 unspecified atom stereocenters. The average molecular weight is 569 g/mol. The van der Waals surface area contributed by atoms with Crippen molar-refractivity contribution in [3.8, 4) is 22.5 Å². The van der Waals surface area contributed by atoms with Crippen molar-refractivity contribution in [1.29, 1.82) is 0 Å². The fourth-order valence-corrected chi connectivity index (χ4v) is 3.31. The van der Waals surface area contributed by atoms with E-state index in [-0.39, 0.29) is 0 Å². The quantitative estimate of drug-likeness (QED) is 0.167. The highest BCUT2D eigenvalue weighted by atomic mass is 19.4. The highest BCUT2D eigenvalue weighted by Crippen LogP contribution is 2.42. The number of halogens is 6. The molecule has 40 heavy (non-hydrogen) atoms. The van der Waals surface area contributed by atoms with Gasteiger partial charge in [-0.25, -0.2) is 19.6 Å². The predicted octanol–water partition coefficient (Wildman–Crippen LogP) is 5.16. The van der Waals surface area contributed by atoms with Crippen molar-refractivity contribution in [2.75, 3.05) is 5.32 Å². The Balaban J connectivity index is 0.000000263. The molecule has 0 radical (unpaired) electrons. The lowest BCUT2D eigenvalue weighted by molar-refractivity contribution is -0.193. The summed E-state index contributed by atoms with van der Waals surface area (Å²) in [5, 5.41) is 28.5. The second-order valence-electron chi connectivity index (χ2n) is 7.75. The predicted molar refractivity (Wildman–Crippen MR) is 126 cm³/mol. The molecule has 3 aromatic heterocycles. The third-order valence-electron chi connectivity index (χ3n) is 5.00. The van der Waals surface area contributed by atoms with E-state index >= 15 is 0 Å². The molecule has 0 bridgehead atoms. The van der Waals surface area contributed by atoms with Crippen molar-refractivity contribution in [2.45, 2.75) is 18.8 Å². The topological polar surface area (TPSA) is 150 Å². The molecule has 5 rings (SSSR count). The van der Waals surface area contributed by atoms with Gasteiger partial charge >= 0.3 is 24.3 Å². The molecule has 1 aromatic carbocycles. The Kier molecular flexibility index (Phi) is 8.61. The number of nitrogens with zero attached hydrogens (tertiary/aromatic N) is 4. The van der Waals surface area contributed by atoms with Gasteiger partial charge in [0.1, 0.15) is 23.0 Å². The number of aliphatic carboxylic acids is 2. The van der Waals surface area contributed by atoms with Gasteiger partial charge in [-0.15, -0.1) is 0 Å². The lowest BCUT2D eigenvalue weighted by atomic mass is 10.1. The first kappa shape index (κ1) is 29.4. The van der Waals surface area contributed by atoms with Gasteiger partial charge in [-0.3, -0.25) is 4.98 Å². The molecular weight excluding hydrogens is 552 g/mol. The molecule has 4 aromatic rings. The Bertz CT molecular complexity index is 1480. The maximum atomic E-state index is 10.9. The molecule has 0 fully saturated rings. The number of rotatable bonds is 2. The largest absolute Gasteiger partial charge is 0.490 e. The summed E-state index contributed by atoms with van der Waals surface area (Å²) in [4.78, 5) is 31.2. The molecule has 16 heteroatoms. The van der Waals surface area contributed by atoms with E-state index in [0.717, 1.165) is 28.1 Å². The van der Waals surface area contributed by atoms with Crippen LogP contribution in [0.15, 0.2) is 67.1 Å². The van der Waals surface area contributed by atoms with Crippen LogP contribution in [0.2, 0.25) is 0 Å². The molecule has 0 atom stereocenters. The van der Waals surface area contributed by atoms with E-state index in [1.165, 1.54) is 4.73 Å². The first-order chi connectivity index (χ1) is 18.7. The fraction of sp³-hybridized carbons (Fsp3) is 0.125. The number of benzene rings is 1. The molecule has 1 aliphatic heterocycles. The van der Waals surface area contributed by atoms with Crippen LogP contribution in [0, 0.1) is 0 Å². The monoisotopic (exact) mass is 569 g/mol. The van der Waals surface area contributed by atoms with Crippen LogP contribution in [-0.4, -0.2) is 59.4 Å². The number of hydrogen-bond donors (Lipinski definition) is 4. The van der Waals surface area contributed by atoms with Crippen LogP contribution >= 0.6 is 0 Å². The van der Waals surface area contributed by atoms with Crippen LogP contribution in [0.4, 0.5) is 37.8 Å². The second-order valence-corrected chi connectivity index (χ2v) is 7.75. The fourth-order valence-electron chi connectivity index (χ4n) is 3.31. The Labute approximate surface area is 220 Å². The van der Waals surface area contributed by atoms with Gasteiger partial charge in [0.2, 0.25) is 0 Å². The van der Waals surface area contributed by atoms with E-state index in [1.807, 2.05) is 48.5 Å². The number of pyridine rings is 2. The number of imidazole rings is 1. The van der Waals surface area contributed by atoms with Gasteiger partial charge in [-0.2, -0.15) is 31.1 Å². The van der Waals surface area contributed by atoms with Crippen molar-refractivity contribution < 1.29 is 51.4 Å². The zero-order chi connectivity index (χ0) is 29.7. The van der Waals surface area contributed by atoms with Crippen LogP contribution in [0.25, 0.3) is 22.5 Å². The lowest BCUT2D eigenvalue weighted by Gasteiger charge is -2.09. The van der Waals surface area contributed by atoms with E-state index in [9.17, 15) is 31.5 Å². The van der Waals surface area contributed by atoms with Crippen molar-refractivity contribution in [2.24, 2.45) is 0 Å². The minimum atomic E-state index is -5.08. The summed E-state index contributed by atoms with van der Waals surface area (Å²) >= 11 is 0. The van der Waals surface area contributed by atoms with E-state index in [4.69, 9.17) is 24.8 Å². The van der Waals surface area contributed by atoms with E-state index < -0.39 is 24.3 Å². The second kappa shape index (κ2) is 11.7. The van der Waals surface area contributed by atoms with Gasteiger partial charge in [0, 0.05) is 29.9 Å². The standard InChI is InChI=1S/C20H15N5O.2C2HF3O2/c26-25-17(11-13-5-2-1-3-6-13)24-18-14-8-10-21-12-16(14)23-20-15(19(18)25)7-4-9-22-20;2*3-2(4,5)1(6)7/h1-10,12,26H,11H2,(H,22,23);2*(H,6,7). The Hall–Kier alpha value is -5.15. The van der Waals surface area contributed by atoms with Gasteiger partial charge in [0.25, 0.3) is 0 Å². The first-order valence-electron chi connectivity index (χ1n) is 10.8.